The molecule has 3 nitrogen and oxygen atoms in total. The lowest BCUT2D eigenvalue weighted by molar-refractivity contribution is 0.00578. The van der Waals surface area contributed by atoms with E-state index in [1.807, 2.05) is 6.07 Å². The molecule has 2 heterocycles. The minimum Gasteiger partial charge on any atom is -0.488 e. The molecular formula is C17H23BO3. The third kappa shape index (κ3) is 2.31. The molecule has 112 valence electrons. The Morgan fingerprint density at radius 3 is 2.33 bits per heavy atom. The Bertz CT molecular complexity index is 600. The fraction of sp³-hybridized carbons (Fsp3) is 0.529. The monoisotopic (exact) mass is 286 g/mol. The first-order valence-corrected chi connectivity index (χ1v) is 7.50. The second-order valence-corrected chi connectivity index (χ2v) is 7.04. The van der Waals surface area contributed by atoms with Crippen LogP contribution in [0.4, 0.5) is 0 Å². The number of rotatable bonds is 1. The Morgan fingerprint density at radius 1 is 1.10 bits per heavy atom. The van der Waals surface area contributed by atoms with Gasteiger partial charge in [-0.15, -0.1) is 0 Å². The molecule has 0 spiro atoms. The average molecular weight is 286 g/mol. The summed E-state index contributed by atoms with van der Waals surface area (Å²) < 4.78 is 18.1. The number of hydrogen-bond donors (Lipinski definition) is 0. The first-order chi connectivity index (χ1) is 9.71. The summed E-state index contributed by atoms with van der Waals surface area (Å²) in [7, 11) is -0.305. The molecule has 1 saturated heterocycles. The summed E-state index contributed by atoms with van der Waals surface area (Å²) >= 11 is 0. The van der Waals surface area contributed by atoms with Crippen molar-refractivity contribution in [3.8, 4) is 5.75 Å². The van der Waals surface area contributed by atoms with Gasteiger partial charge < -0.3 is 14.0 Å². The molecule has 3 rings (SSSR count). The largest absolute Gasteiger partial charge is 0.490 e. The maximum absolute atomic E-state index is 6.15. The highest BCUT2D eigenvalue weighted by Crippen LogP contribution is 2.42. The summed E-state index contributed by atoms with van der Waals surface area (Å²) in [6, 6.07) is 6.29. The van der Waals surface area contributed by atoms with Gasteiger partial charge in [0, 0.05) is 5.56 Å². The Labute approximate surface area is 127 Å². The first kappa shape index (κ1) is 14.7. The first-order valence-electron chi connectivity index (χ1n) is 7.50. The third-order valence-corrected chi connectivity index (χ3v) is 4.92. The Kier molecular flexibility index (Phi) is 3.23. The lowest BCUT2D eigenvalue weighted by Crippen LogP contribution is -2.41. The second-order valence-electron chi connectivity index (χ2n) is 7.04. The molecular weight excluding hydrogens is 263 g/mol. The summed E-state index contributed by atoms with van der Waals surface area (Å²) in [4.78, 5) is 0. The van der Waals surface area contributed by atoms with Crippen LogP contribution in [0.5, 0.6) is 5.75 Å². The molecule has 1 fully saturated rings. The number of hydrogen-bond acceptors (Lipinski definition) is 3. The Hall–Kier alpha value is -1.26. The highest BCUT2D eigenvalue weighted by Gasteiger charge is 2.52. The van der Waals surface area contributed by atoms with Crippen LogP contribution in [0.3, 0.4) is 0 Å². The predicted octanol–water partition coefficient (Wildman–Crippen LogP) is 3.79. The van der Waals surface area contributed by atoms with Crippen molar-refractivity contribution < 1.29 is 14.0 Å². The van der Waals surface area contributed by atoms with E-state index in [4.69, 9.17) is 14.0 Å². The van der Waals surface area contributed by atoms with Gasteiger partial charge in [-0.2, -0.15) is 0 Å². The third-order valence-electron chi connectivity index (χ3n) is 4.92. The fourth-order valence-corrected chi connectivity index (χ4v) is 2.72. The maximum atomic E-state index is 6.15. The van der Waals surface area contributed by atoms with E-state index in [1.54, 1.807) is 0 Å². The van der Waals surface area contributed by atoms with Gasteiger partial charge in [0.05, 0.1) is 11.2 Å². The lowest BCUT2D eigenvalue weighted by Gasteiger charge is -2.32. The smallest absolute Gasteiger partial charge is 0.488 e. The molecule has 0 saturated carbocycles. The van der Waals surface area contributed by atoms with E-state index in [1.165, 1.54) is 16.7 Å². The fourth-order valence-electron chi connectivity index (χ4n) is 2.72. The van der Waals surface area contributed by atoms with Crippen molar-refractivity contribution in [2.75, 3.05) is 6.61 Å². The molecule has 0 N–H and O–H groups in total. The van der Waals surface area contributed by atoms with E-state index in [0.717, 1.165) is 11.2 Å². The lowest BCUT2D eigenvalue weighted by atomic mass is 9.75. The van der Waals surface area contributed by atoms with Gasteiger partial charge in [-0.05, 0) is 64.7 Å². The van der Waals surface area contributed by atoms with Crippen molar-refractivity contribution in [3.05, 3.63) is 34.8 Å². The zero-order chi connectivity index (χ0) is 15.4. The molecule has 0 atom stereocenters. The van der Waals surface area contributed by atoms with E-state index in [-0.39, 0.29) is 18.3 Å². The van der Waals surface area contributed by atoms with Crippen molar-refractivity contribution >= 4 is 12.7 Å². The number of ether oxygens (including phenoxy) is 1. The van der Waals surface area contributed by atoms with E-state index in [9.17, 15) is 0 Å². The summed E-state index contributed by atoms with van der Waals surface area (Å²) in [6.45, 7) is 13.1. The molecule has 2 aliphatic heterocycles. The van der Waals surface area contributed by atoms with Gasteiger partial charge in [-0.3, -0.25) is 0 Å². The molecule has 0 amide bonds. The van der Waals surface area contributed by atoms with Crippen molar-refractivity contribution in [2.45, 2.75) is 52.7 Å². The van der Waals surface area contributed by atoms with Crippen LogP contribution in [0.15, 0.2) is 23.7 Å². The SMILES string of the molecule is C/C(B1OC(C)(C)C(C)(C)O1)=C1\COc2ccc(C)cc21. The summed E-state index contributed by atoms with van der Waals surface area (Å²) in [5, 5.41) is 0. The van der Waals surface area contributed by atoms with Crippen molar-refractivity contribution in [1.82, 2.24) is 0 Å². The molecule has 1 aromatic rings. The molecule has 21 heavy (non-hydrogen) atoms. The topological polar surface area (TPSA) is 27.7 Å². The summed E-state index contributed by atoms with van der Waals surface area (Å²) in [5.41, 5.74) is 4.08. The molecule has 0 aliphatic carbocycles. The van der Waals surface area contributed by atoms with Crippen LogP contribution in [0.25, 0.3) is 5.57 Å². The van der Waals surface area contributed by atoms with Crippen molar-refractivity contribution in [3.63, 3.8) is 0 Å². The van der Waals surface area contributed by atoms with Gasteiger partial charge in [0.2, 0.25) is 0 Å². The number of aryl methyl sites for hydroxylation is 1. The maximum Gasteiger partial charge on any atom is 0.490 e. The number of fused-ring (bicyclic) bond motifs is 1. The zero-order valence-electron chi connectivity index (χ0n) is 13.7. The highest BCUT2D eigenvalue weighted by atomic mass is 16.7. The Morgan fingerprint density at radius 2 is 1.71 bits per heavy atom. The second kappa shape index (κ2) is 4.62. The van der Waals surface area contributed by atoms with Gasteiger partial charge in [0.25, 0.3) is 0 Å². The molecule has 0 aromatic heterocycles. The molecule has 0 bridgehead atoms. The van der Waals surface area contributed by atoms with Crippen LogP contribution in [0, 0.1) is 6.92 Å². The molecule has 2 aliphatic rings. The number of allylic oxidation sites excluding steroid dienone is 1. The van der Waals surface area contributed by atoms with Gasteiger partial charge in [-0.25, -0.2) is 0 Å². The van der Waals surface area contributed by atoms with Crippen LogP contribution in [0.1, 0.15) is 45.7 Å². The average Bonchev–Trinajstić information content (AvgIpc) is 2.87. The van der Waals surface area contributed by atoms with Crippen LogP contribution in [-0.2, 0) is 9.31 Å². The molecule has 0 unspecified atom stereocenters. The van der Waals surface area contributed by atoms with E-state index < -0.39 is 0 Å². The van der Waals surface area contributed by atoms with Crippen LogP contribution in [0.2, 0.25) is 0 Å². The molecule has 1 aromatic carbocycles. The standard InChI is InChI=1S/C17H23BO3/c1-11-7-8-15-13(9-11)14(10-19-15)12(2)18-20-16(3,4)17(5,6)21-18/h7-9H,10H2,1-6H3/b14-12-. The van der Waals surface area contributed by atoms with E-state index in [0.29, 0.717) is 6.61 Å². The predicted molar refractivity (Wildman–Crippen MR) is 85.4 cm³/mol. The van der Waals surface area contributed by atoms with Crippen LogP contribution in [-0.4, -0.2) is 24.9 Å². The summed E-state index contributed by atoms with van der Waals surface area (Å²) in [6.07, 6.45) is 0. The quantitative estimate of drug-likeness (QED) is 0.735. The van der Waals surface area contributed by atoms with Crippen molar-refractivity contribution in [2.24, 2.45) is 0 Å². The minimum absolute atomic E-state index is 0.305. The number of benzene rings is 1. The normalized spacial score (nSPS) is 24.8. The zero-order valence-corrected chi connectivity index (χ0v) is 13.7. The van der Waals surface area contributed by atoms with Crippen LogP contribution < -0.4 is 4.74 Å². The highest BCUT2D eigenvalue weighted by molar-refractivity contribution is 6.56. The van der Waals surface area contributed by atoms with Crippen molar-refractivity contribution in [1.29, 1.82) is 0 Å². The van der Waals surface area contributed by atoms with Gasteiger partial charge >= 0.3 is 7.12 Å². The minimum atomic E-state index is -0.311. The van der Waals surface area contributed by atoms with Gasteiger partial charge in [0.1, 0.15) is 12.4 Å². The molecule has 0 radical (unpaired) electrons. The van der Waals surface area contributed by atoms with Gasteiger partial charge in [-0.1, -0.05) is 11.6 Å². The van der Waals surface area contributed by atoms with Crippen LogP contribution >= 0.6 is 0 Å². The van der Waals surface area contributed by atoms with E-state index in [2.05, 4.69) is 53.7 Å². The van der Waals surface area contributed by atoms with E-state index >= 15 is 0 Å². The Balaban J connectivity index is 1.97. The summed E-state index contributed by atoms with van der Waals surface area (Å²) in [5.74, 6) is 0.950. The van der Waals surface area contributed by atoms with Gasteiger partial charge in [0.15, 0.2) is 0 Å². The molecule has 4 heteroatoms.